The highest BCUT2D eigenvalue weighted by Crippen LogP contribution is 2.33. The van der Waals surface area contributed by atoms with Crippen LogP contribution in [-0.2, 0) is 4.79 Å². The molecule has 1 aliphatic rings. The quantitative estimate of drug-likeness (QED) is 0.374. The number of aromatic nitrogens is 1. The number of fused-ring (bicyclic) bond motifs is 1. The fourth-order valence-electron chi connectivity index (χ4n) is 4.05. The molecule has 4 aromatic rings. The predicted molar refractivity (Wildman–Crippen MR) is 136 cm³/mol. The lowest BCUT2D eigenvalue weighted by Crippen LogP contribution is -2.37. The highest BCUT2D eigenvalue weighted by molar-refractivity contribution is 6.07. The number of benzene rings is 3. The SMILES string of the molecule is COc1ccc(NC(=O)C2=C(C)NC(Nc3nc4ccccc4o3)=NC2c2ccccc2C)cc1. The molecular formula is C27H25N5O3. The number of rotatable bonds is 5. The summed E-state index contributed by atoms with van der Waals surface area (Å²) in [6.45, 7) is 3.87. The summed E-state index contributed by atoms with van der Waals surface area (Å²) in [6.07, 6.45) is 0. The molecule has 1 unspecified atom stereocenters. The summed E-state index contributed by atoms with van der Waals surface area (Å²) in [5.41, 5.74) is 5.26. The Bertz CT molecular complexity index is 1420. The van der Waals surface area contributed by atoms with Crippen LogP contribution in [0.4, 0.5) is 11.7 Å². The Morgan fingerprint density at radius 1 is 1.00 bits per heavy atom. The number of aliphatic imine (C=N–C) groups is 1. The van der Waals surface area contributed by atoms with E-state index in [-0.39, 0.29) is 5.91 Å². The minimum Gasteiger partial charge on any atom is -0.497 e. The lowest BCUT2D eigenvalue weighted by Gasteiger charge is -2.27. The Hall–Kier alpha value is -4.59. The first-order valence-electron chi connectivity index (χ1n) is 11.2. The molecule has 0 bridgehead atoms. The Morgan fingerprint density at radius 3 is 2.49 bits per heavy atom. The van der Waals surface area contributed by atoms with Crippen molar-refractivity contribution in [1.82, 2.24) is 10.3 Å². The van der Waals surface area contributed by atoms with Gasteiger partial charge in [0.1, 0.15) is 17.3 Å². The van der Waals surface area contributed by atoms with Gasteiger partial charge in [0.25, 0.3) is 5.91 Å². The van der Waals surface area contributed by atoms with Crippen LogP contribution in [-0.4, -0.2) is 24.0 Å². The van der Waals surface area contributed by atoms with Crippen molar-refractivity contribution in [1.29, 1.82) is 0 Å². The Kier molecular flexibility index (Phi) is 5.93. The molecule has 0 saturated carbocycles. The largest absolute Gasteiger partial charge is 0.497 e. The lowest BCUT2D eigenvalue weighted by molar-refractivity contribution is -0.113. The number of hydrogen-bond acceptors (Lipinski definition) is 7. The van der Waals surface area contributed by atoms with E-state index in [0.29, 0.717) is 34.5 Å². The molecule has 2 heterocycles. The third kappa shape index (κ3) is 4.59. The number of anilines is 2. The number of ether oxygens (including phenoxy) is 1. The van der Waals surface area contributed by atoms with Crippen LogP contribution in [0, 0.1) is 6.92 Å². The maximum Gasteiger partial charge on any atom is 0.302 e. The van der Waals surface area contributed by atoms with Crippen LogP contribution in [0.3, 0.4) is 0 Å². The number of carbonyl (C=O) groups excluding carboxylic acids is 1. The maximum atomic E-state index is 13.4. The number of carbonyl (C=O) groups is 1. The van der Waals surface area contributed by atoms with Crippen LogP contribution in [0.15, 0.2) is 93.5 Å². The number of hydrogen-bond donors (Lipinski definition) is 3. The molecule has 1 amide bonds. The summed E-state index contributed by atoms with van der Waals surface area (Å²) in [6, 6.07) is 22.4. The van der Waals surface area contributed by atoms with Gasteiger partial charge in [0.05, 0.1) is 12.7 Å². The van der Waals surface area contributed by atoms with Gasteiger partial charge in [-0.25, -0.2) is 4.99 Å². The smallest absolute Gasteiger partial charge is 0.302 e. The van der Waals surface area contributed by atoms with Crippen LogP contribution in [0.2, 0.25) is 0 Å². The number of nitrogens with one attached hydrogen (secondary N) is 3. The zero-order chi connectivity index (χ0) is 24.4. The number of oxazole rings is 1. The van der Waals surface area contributed by atoms with Crippen molar-refractivity contribution in [2.45, 2.75) is 19.9 Å². The second kappa shape index (κ2) is 9.34. The van der Waals surface area contributed by atoms with Gasteiger partial charge in [0.15, 0.2) is 5.58 Å². The van der Waals surface area contributed by atoms with Gasteiger partial charge in [-0.1, -0.05) is 36.4 Å². The summed E-state index contributed by atoms with van der Waals surface area (Å²) in [5, 5.41) is 9.31. The van der Waals surface area contributed by atoms with Crippen molar-refractivity contribution in [3.63, 3.8) is 0 Å². The standard InChI is InChI=1S/C27H25N5O3/c1-16-8-4-5-9-20(16)24-23(25(33)29-18-12-14-19(34-3)15-13-18)17(2)28-26(31-24)32-27-30-21-10-6-7-11-22(21)35-27/h4-15,24H,1-3H3,(H,29,33)(H2,28,30,31,32). The van der Waals surface area contributed by atoms with E-state index in [9.17, 15) is 4.79 Å². The van der Waals surface area contributed by atoms with Gasteiger partial charge in [0, 0.05) is 11.4 Å². The maximum absolute atomic E-state index is 13.4. The van der Waals surface area contributed by atoms with Crippen LogP contribution >= 0.6 is 0 Å². The zero-order valence-electron chi connectivity index (χ0n) is 19.6. The first kappa shape index (κ1) is 22.2. The molecular weight excluding hydrogens is 442 g/mol. The molecule has 176 valence electrons. The average Bonchev–Trinajstić information content (AvgIpc) is 3.26. The van der Waals surface area contributed by atoms with Gasteiger partial charge in [-0.3, -0.25) is 10.1 Å². The molecule has 1 aromatic heterocycles. The van der Waals surface area contributed by atoms with Crippen molar-refractivity contribution in [3.05, 3.63) is 95.2 Å². The van der Waals surface area contributed by atoms with Crippen LogP contribution in [0.5, 0.6) is 5.75 Å². The molecule has 1 atom stereocenters. The number of guanidine groups is 1. The first-order chi connectivity index (χ1) is 17.0. The molecule has 3 aromatic carbocycles. The van der Waals surface area contributed by atoms with Crippen LogP contribution < -0.4 is 20.7 Å². The second-order valence-electron chi connectivity index (χ2n) is 8.19. The summed E-state index contributed by atoms with van der Waals surface area (Å²) < 4.78 is 11.0. The van der Waals surface area contributed by atoms with Crippen LogP contribution in [0.1, 0.15) is 24.1 Å². The summed E-state index contributed by atoms with van der Waals surface area (Å²) in [5.74, 6) is 0.927. The average molecular weight is 468 g/mol. The van der Waals surface area contributed by atoms with E-state index in [1.54, 1.807) is 31.4 Å². The highest BCUT2D eigenvalue weighted by Gasteiger charge is 2.30. The first-order valence-corrected chi connectivity index (χ1v) is 11.2. The normalized spacial score (nSPS) is 15.4. The fourth-order valence-corrected chi connectivity index (χ4v) is 4.05. The van der Waals surface area contributed by atoms with Crippen LogP contribution in [0.25, 0.3) is 11.1 Å². The molecule has 0 radical (unpaired) electrons. The monoisotopic (exact) mass is 467 g/mol. The van der Waals surface area contributed by atoms with E-state index in [4.69, 9.17) is 14.1 Å². The predicted octanol–water partition coefficient (Wildman–Crippen LogP) is 5.17. The number of para-hydroxylation sites is 2. The number of aryl methyl sites for hydroxylation is 1. The van der Waals surface area contributed by atoms with Gasteiger partial charge in [-0.2, -0.15) is 4.98 Å². The molecule has 35 heavy (non-hydrogen) atoms. The number of nitrogens with zero attached hydrogens (tertiary/aromatic N) is 2. The minimum atomic E-state index is -0.525. The second-order valence-corrected chi connectivity index (χ2v) is 8.19. The molecule has 3 N–H and O–H groups in total. The molecule has 0 fully saturated rings. The molecule has 0 saturated heterocycles. The van der Waals surface area contributed by atoms with Gasteiger partial charge in [-0.05, 0) is 61.4 Å². The molecule has 5 rings (SSSR count). The van der Waals surface area contributed by atoms with Crippen molar-refractivity contribution in [2.75, 3.05) is 17.7 Å². The van der Waals surface area contributed by atoms with E-state index >= 15 is 0 Å². The summed E-state index contributed by atoms with van der Waals surface area (Å²) in [7, 11) is 1.60. The van der Waals surface area contributed by atoms with Gasteiger partial charge < -0.3 is 19.8 Å². The summed E-state index contributed by atoms with van der Waals surface area (Å²) >= 11 is 0. The topological polar surface area (TPSA) is 101 Å². The summed E-state index contributed by atoms with van der Waals surface area (Å²) in [4.78, 5) is 22.8. The Labute approximate surface area is 202 Å². The van der Waals surface area contributed by atoms with E-state index in [1.807, 2.05) is 62.4 Å². The minimum absolute atomic E-state index is 0.238. The third-order valence-corrected chi connectivity index (χ3v) is 5.84. The number of allylic oxidation sites excluding steroid dienone is 1. The number of amides is 1. The van der Waals surface area contributed by atoms with E-state index in [1.165, 1.54) is 0 Å². The molecule has 0 spiro atoms. The van der Waals surface area contributed by atoms with E-state index in [2.05, 4.69) is 20.9 Å². The van der Waals surface area contributed by atoms with Crippen molar-refractivity contribution in [3.8, 4) is 5.75 Å². The zero-order valence-corrected chi connectivity index (χ0v) is 19.6. The van der Waals surface area contributed by atoms with E-state index in [0.717, 1.165) is 22.4 Å². The van der Waals surface area contributed by atoms with Gasteiger partial charge in [-0.15, -0.1) is 0 Å². The number of methoxy groups -OCH3 is 1. The van der Waals surface area contributed by atoms with Crippen molar-refractivity contribution in [2.24, 2.45) is 4.99 Å². The Balaban J connectivity index is 1.47. The Morgan fingerprint density at radius 2 is 1.74 bits per heavy atom. The molecule has 1 aliphatic heterocycles. The van der Waals surface area contributed by atoms with Gasteiger partial charge in [0.2, 0.25) is 5.96 Å². The molecule has 8 heteroatoms. The fraction of sp³-hybridized carbons (Fsp3) is 0.148. The third-order valence-electron chi connectivity index (χ3n) is 5.84. The van der Waals surface area contributed by atoms with Gasteiger partial charge >= 0.3 is 6.01 Å². The van der Waals surface area contributed by atoms with E-state index < -0.39 is 6.04 Å². The molecule has 8 nitrogen and oxygen atoms in total. The molecule has 0 aliphatic carbocycles. The lowest BCUT2D eigenvalue weighted by atomic mass is 9.92. The highest BCUT2D eigenvalue weighted by atomic mass is 16.5. The van der Waals surface area contributed by atoms with Crippen molar-refractivity contribution >= 4 is 34.7 Å². The van der Waals surface area contributed by atoms with Crippen molar-refractivity contribution < 1.29 is 13.9 Å².